The summed E-state index contributed by atoms with van der Waals surface area (Å²) < 4.78 is 1.18. The van der Waals surface area contributed by atoms with Crippen molar-refractivity contribution < 1.29 is 0 Å². The summed E-state index contributed by atoms with van der Waals surface area (Å²) in [5.41, 5.74) is 8.67. The van der Waals surface area contributed by atoms with E-state index in [4.69, 9.17) is 5.73 Å². The van der Waals surface area contributed by atoms with E-state index in [0.29, 0.717) is 18.6 Å². The Balaban J connectivity index is 2.16. The number of aryl methyl sites for hydroxylation is 1. The van der Waals surface area contributed by atoms with E-state index in [1.54, 1.807) is 0 Å². The summed E-state index contributed by atoms with van der Waals surface area (Å²) in [4.78, 5) is 5.07. The molecule has 1 aromatic rings. The second kappa shape index (κ2) is 7.03. The summed E-state index contributed by atoms with van der Waals surface area (Å²) >= 11 is 3.70. The molecular weight excluding hydrogens is 314 g/mol. The fourth-order valence-corrected chi connectivity index (χ4v) is 3.91. The lowest BCUT2D eigenvalue weighted by Crippen LogP contribution is -2.53. The average Bonchev–Trinajstić information content (AvgIpc) is 2.42. The quantitative estimate of drug-likeness (QED) is 0.915. The molecule has 0 bridgehead atoms. The first-order chi connectivity index (χ1) is 9.56. The molecule has 1 fully saturated rings. The number of likely N-dealkylation sites (N-methyl/N-ethyl adjacent to an activating group) is 1. The van der Waals surface area contributed by atoms with Gasteiger partial charge >= 0.3 is 0 Å². The van der Waals surface area contributed by atoms with Crippen LogP contribution in [0.15, 0.2) is 22.7 Å². The zero-order chi connectivity index (χ0) is 14.7. The Morgan fingerprint density at radius 2 is 2.15 bits per heavy atom. The van der Waals surface area contributed by atoms with E-state index < -0.39 is 0 Å². The monoisotopic (exact) mass is 339 g/mol. The number of hydrogen-bond acceptors (Lipinski definition) is 3. The molecule has 1 heterocycles. The SMILES string of the molecule is CCN1CCN(C(CN)c2ccc(C)cc2Br)CC1C. The Bertz CT molecular complexity index is 449. The lowest BCUT2D eigenvalue weighted by atomic mass is 10.0. The molecule has 2 N–H and O–H groups in total. The van der Waals surface area contributed by atoms with E-state index in [0.717, 1.165) is 26.2 Å². The average molecular weight is 340 g/mol. The predicted octanol–water partition coefficient (Wildman–Crippen LogP) is 2.78. The first kappa shape index (κ1) is 16.0. The van der Waals surface area contributed by atoms with Gasteiger partial charge in [-0.1, -0.05) is 35.0 Å². The van der Waals surface area contributed by atoms with Crippen LogP contribution >= 0.6 is 15.9 Å². The lowest BCUT2D eigenvalue weighted by molar-refractivity contribution is 0.0604. The second-order valence-corrected chi connectivity index (χ2v) is 6.60. The summed E-state index contributed by atoms with van der Waals surface area (Å²) in [6, 6.07) is 7.49. The van der Waals surface area contributed by atoms with Gasteiger partial charge < -0.3 is 5.73 Å². The number of halogens is 1. The number of rotatable bonds is 4. The molecule has 0 aromatic heterocycles. The molecule has 2 unspecified atom stereocenters. The van der Waals surface area contributed by atoms with E-state index in [-0.39, 0.29) is 0 Å². The topological polar surface area (TPSA) is 32.5 Å². The van der Waals surface area contributed by atoms with Gasteiger partial charge in [-0.2, -0.15) is 0 Å². The number of benzene rings is 1. The van der Waals surface area contributed by atoms with E-state index in [1.807, 2.05) is 0 Å². The van der Waals surface area contributed by atoms with Crippen LogP contribution in [0.1, 0.15) is 31.0 Å². The Morgan fingerprint density at radius 3 is 2.70 bits per heavy atom. The highest BCUT2D eigenvalue weighted by atomic mass is 79.9. The predicted molar refractivity (Wildman–Crippen MR) is 89.0 cm³/mol. The highest BCUT2D eigenvalue weighted by Gasteiger charge is 2.28. The molecule has 4 heteroatoms. The normalized spacial score (nSPS) is 22.9. The first-order valence-electron chi connectivity index (χ1n) is 7.51. The van der Waals surface area contributed by atoms with Gasteiger partial charge in [-0.3, -0.25) is 9.80 Å². The zero-order valence-electron chi connectivity index (χ0n) is 12.8. The van der Waals surface area contributed by atoms with E-state index in [9.17, 15) is 0 Å². The van der Waals surface area contributed by atoms with E-state index in [2.05, 4.69) is 64.7 Å². The van der Waals surface area contributed by atoms with Crippen molar-refractivity contribution >= 4 is 15.9 Å². The van der Waals surface area contributed by atoms with Gasteiger partial charge in [0, 0.05) is 42.7 Å². The molecule has 0 radical (unpaired) electrons. The molecule has 2 atom stereocenters. The largest absolute Gasteiger partial charge is 0.329 e. The molecule has 20 heavy (non-hydrogen) atoms. The third-order valence-corrected chi connectivity index (χ3v) is 5.07. The molecule has 3 nitrogen and oxygen atoms in total. The molecule has 1 aromatic carbocycles. The summed E-state index contributed by atoms with van der Waals surface area (Å²) in [5.74, 6) is 0. The molecule has 1 aliphatic heterocycles. The van der Waals surface area contributed by atoms with Crippen molar-refractivity contribution in [2.75, 3.05) is 32.7 Å². The van der Waals surface area contributed by atoms with Crippen molar-refractivity contribution in [3.63, 3.8) is 0 Å². The summed E-state index contributed by atoms with van der Waals surface area (Å²) in [7, 11) is 0. The van der Waals surface area contributed by atoms with Gasteiger partial charge in [-0.25, -0.2) is 0 Å². The van der Waals surface area contributed by atoms with Crippen molar-refractivity contribution in [2.24, 2.45) is 5.73 Å². The number of nitrogens with two attached hydrogens (primary N) is 1. The maximum atomic E-state index is 6.08. The molecule has 112 valence electrons. The van der Waals surface area contributed by atoms with Crippen LogP contribution in [0, 0.1) is 6.92 Å². The van der Waals surface area contributed by atoms with Gasteiger partial charge in [0.15, 0.2) is 0 Å². The number of hydrogen-bond donors (Lipinski definition) is 1. The van der Waals surface area contributed by atoms with Crippen molar-refractivity contribution in [3.8, 4) is 0 Å². The summed E-state index contributed by atoms with van der Waals surface area (Å²) in [5, 5.41) is 0. The fraction of sp³-hybridized carbons (Fsp3) is 0.625. The van der Waals surface area contributed by atoms with Gasteiger partial charge in [-0.15, -0.1) is 0 Å². The minimum absolute atomic E-state index is 0.312. The number of piperazine rings is 1. The van der Waals surface area contributed by atoms with Gasteiger partial charge in [0.1, 0.15) is 0 Å². The van der Waals surface area contributed by atoms with Crippen LogP contribution in [-0.2, 0) is 0 Å². The Hall–Kier alpha value is -0.420. The number of nitrogens with zero attached hydrogens (tertiary/aromatic N) is 2. The van der Waals surface area contributed by atoms with Gasteiger partial charge in [0.05, 0.1) is 0 Å². The van der Waals surface area contributed by atoms with Gasteiger partial charge in [-0.05, 0) is 37.6 Å². The van der Waals surface area contributed by atoms with Crippen LogP contribution in [0.2, 0.25) is 0 Å². The Kier molecular flexibility index (Phi) is 5.61. The fourth-order valence-electron chi connectivity index (χ4n) is 3.15. The maximum Gasteiger partial charge on any atom is 0.0482 e. The maximum absolute atomic E-state index is 6.08. The van der Waals surface area contributed by atoms with Crippen molar-refractivity contribution in [1.29, 1.82) is 0 Å². The van der Waals surface area contributed by atoms with Crippen LogP contribution in [-0.4, -0.2) is 48.6 Å². The smallest absolute Gasteiger partial charge is 0.0482 e. The van der Waals surface area contributed by atoms with Crippen LogP contribution in [0.5, 0.6) is 0 Å². The van der Waals surface area contributed by atoms with Crippen molar-refractivity contribution in [1.82, 2.24) is 9.80 Å². The highest BCUT2D eigenvalue weighted by molar-refractivity contribution is 9.10. The van der Waals surface area contributed by atoms with Crippen LogP contribution in [0.4, 0.5) is 0 Å². The van der Waals surface area contributed by atoms with Crippen LogP contribution < -0.4 is 5.73 Å². The molecule has 0 spiro atoms. The van der Waals surface area contributed by atoms with Crippen molar-refractivity contribution in [2.45, 2.75) is 32.9 Å². The highest BCUT2D eigenvalue weighted by Crippen LogP contribution is 2.29. The summed E-state index contributed by atoms with van der Waals surface area (Å²) in [6.07, 6.45) is 0. The standard InChI is InChI=1S/C16H26BrN3/c1-4-19-7-8-20(11-13(19)3)16(10-18)14-6-5-12(2)9-15(14)17/h5-6,9,13,16H,4,7-8,10-11,18H2,1-3H3. The molecule has 2 rings (SSSR count). The van der Waals surface area contributed by atoms with Crippen LogP contribution in [0.25, 0.3) is 0 Å². The first-order valence-corrected chi connectivity index (χ1v) is 8.30. The Morgan fingerprint density at radius 1 is 1.40 bits per heavy atom. The zero-order valence-corrected chi connectivity index (χ0v) is 14.4. The second-order valence-electron chi connectivity index (χ2n) is 5.75. The third-order valence-electron chi connectivity index (χ3n) is 4.38. The summed E-state index contributed by atoms with van der Waals surface area (Å²) in [6.45, 7) is 11.8. The van der Waals surface area contributed by atoms with Crippen molar-refractivity contribution in [3.05, 3.63) is 33.8 Å². The molecule has 0 saturated carbocycles. The molecule has 1 aliphatic rings. The van der Waals surface area contributed by atoms with Gasteiger partial charge in [0.25, 0.3) is 0 Å². The minimum Gasteiger partial charge on any atom is -0.329 e. The van der Waals surface area contributed by atoms with E-state index in [1.165, 1.54) is 15.6 Å². The third kappa shape index (κ3) is 3.42. The molecule has 0 amide bonds. The molecule has 0 aliphatic carbocycles. The van der Waals surface area contributed by atoms with Crippen LogP contribution in [0.3, 0.4) is 0 Å². The van der Waals surface area contributed by atoms with Gasteiger partial charge in [0.2, 0.25) is 0 Å². The minimum atomic E-state index is 0.312. The lowest BCUT2D eigenvalue weighted by Gasteiger charge is -2.43. The Labute approximate surface area is 131 Å². The molecular formula is C16H26BrN3. The van der Waals surface area contributed by atoms with E-state index >= 15 is 0 Å². The molecule has 1 saturated heterocycles.